The zero-order chi connectivity index (χ0) is 24.4. The van der Waals surface area contributed by atoms with Crippen molar-refractivity contribution < 1.29 is 14.4 Å². The van der Waals surface area contributed by atoms with Crippen LogP contribution in [-0.2, 0) is 16.1 Å². The molecule has 0 spiro atoms. The highest BCUT2D eigenvalue weighted by Gasteiger charge is 2.39. The molecule has 6 nitrogen and oxygen atoms in total. The maximum Gasteiger partial charge on any atom is 0.283 e. The lowest BCUT2D eigenvalue weighted by molar-refractivity contribution is -0.120. The molecule has 0 aliphatic carbocycles. The van der Waals surface area contributed by atoms with Gasteiger partial charge in [-0.05, 0) is 54.4 Å². The van der Waals surface area contributed by atoms with E-state index in [4.69, 9.17) is 34.8 Å². The van der Waals surface area contributed by atoms with Gasteiger partial charge in [0.05, 0.1) is 5.69 Å². The molecule has 3 amide bonds. The van der Waals surface area contributed by atoms with E-state index in [0.717, 1.165) is 16.0 Å². The van der Waals surface area contributed by atoms with Crippen LogP contribution in [0.3, 0.4) is 0 Å². The van der Waals surface area contributed by atoms with Gasteiger partial charge in [0.1, 0.15) is 10.7 Å². The first-order valence-corrected chi connectivity index (χ1v) is 11.3. The van der Waals surface area contributed by atoms with Crippen LogP contribution in [0.4, 0.5) is 11.4 Å². The summed E-state index contributed by atoms with van der Waals surface area (Å²) in [6.45, 7) is 2.06. The molecular weight excluding hydrogens is 497 g/mol. The molecule has 0 atom stereocenters. The lowest BCUT2D eigenvalue weighted by Gasteiger charge is -2.16. The van der Waals surface area contributed by atoms with Crippen LogP contribution in [0, 0.1) is 6.92 Å². The number of nitrogens with zero attached hydrogens (tertiary/aromatic N) is 1. The smallest absolute Gasteiger partial charge is 0.283 e. The maximum atomic E-state index is 13.0. The summed E-state index contributed by atoms with van der Waals surface area (Å²) in [5, 5.41) is 6.44. The number of anilines is 2. The highest BCUT2D eigenvalue weighted by atomic mass is 35.5. The van der Waals surface area contributed by atoms with Gasteiger partial charge in [0.25, 0.3) is 17.7 Å². The van der Waals surface area contributed by atoms with E-state index in [1.807, 2.05) is 18.2 Å². The molecule has 2 N–H and O–H groups in total. The summed E-state index contributed by atoms with van der Waals surface area (Å²) in [6, 6.07) is 18.6. The summed E-state index contributed by atoms with van der Waals surface area (Å²) >= 11 is 18.4. The van der Waals surface area contributed by atoms with Gasteiger partial charge in [0, 0.05) is 27.8 Å². The predicted molar refractivity (Wildman–Crippen MR) is 134 cm³/mol. The van der Waals surface area contributed by atoms with Crippen molar-refractivity contribution in [3.05, 3.63) is 104 Å². The Kier molecular flexibility index (Phi) is 6.93. The van der Waals surface area contributed by atoms with E-state index in [1.54, 1.807) is 49.4 Å². The first kappa shape index (κ1) is 23.8. The first-order valence-electron chi connectivity index (χ1n) is 10.2. The Labute approximate surface area is 211 Å². The molecule has 0 bridgehead atoms. The van der Waals surface area contributed by atoms with Crippen LogP contribution in [-0.4, -0.2) is 17.7 Å². The van der Waals surface area contributed by atoms with Gasteiger partial charge < -0.3 is 10.6 Å². The summed E-state index contributed by atoms with van der Waals surface area (Å²) in [6.07, 6.45) is 0. The minimum Gasteiger partial charge on any atom is -0.349 e. The van der Waals surface area contributed by atoms with Crippen LogP contribution in [0.1, 0.15) is 21.5 Å². The van der Waals surface area contributed by atoms with Crippen LogP contribution < -0.4 is 15.5 Å². The molecule has 1 aliphatic heterocycles. The van der Waals surface area contributed by atoms with Crippen molar-refractivity contribution in [2.45, 2.75) is 13.5 Å². The molecule has 0 saturated carbocycles. The monoisotopic (exact) mass is 513 g/mol. The lowest BCUT2D eigenvalue weighted by atomic mass is 10.1. The first-order chi connectivity index (χ1) is 16.3. The fourth-order valence-corrected chi connectivity index (χ4v) is 4.01. The van der Waals surface area contributed by atoms with Gasteiger partial charge >= 0.3 is 0 Å². The Balaban J connectivity index is 1.54. The fraction of sp³-hybridized carbons (Fsp3) is 0.0800. The number of rotatable bonds is 6. The van der Waals surface area contributed by atoms with E-state index < -0.39 is 11.8 Å². The Morgan fingerprint density at radius 3 is 2.41 bits per heavy atom. The van der Waals surface area contributed by atoms with Crippen LogP contribution in [0.15, 0.2) is 77.5 Å². The van der Waals surface area contributed by atoms with Gasteiger partial charge in [-0.1, -0.05) is 65.1 Å². The molecule has 172 valence electrons. The molecule has 9 heteroatoms. The highest BCUT2D eigenvalue weighted by Crippen LogP contribution is 2.32. The van der Waals surface area contributed by atoms with E-state index in [-0.39, 0.29) is 23.2 Å². The second kappa shape index (κ2) is 9.89. The molecule has 0 radical (unpaired) electrons. The Morgan fingerprint density at radius 1 is 0.912 bits per heavy atom. The number of hydrogen-bond acceptors (Lipinski definition) is 4. The minimum absolute atomic E-state index is 0.0802. The van der Waals surface area contributed by atoms with Crippen LogP contribution in [0.2, 0.25) is 10.0 Å². The summed E-state index contributed by atoms with van der Waals surface area (Å²) in [5.74, 6) is -1.61. The fourth-order valence-electron chi connectivity index (χ4n) is 3.41. The minimum atomic E-state index is -0.664. The van der Waals surface area contributed by atoms with Gasteiger partial charge in [-0.3, -0.25) is 14.4 Å². The Hall–Kier alpha value is -3.32. The Bertz CT molecular complexity index is 1350. The molecule has 3 aromatic rings. The molecule has 0 saturated heterocycles. The zero-order valence-electron chi connectivity index (χ0n) is 17.9. The van der Waals surface area contributed by atoms with Gasteiger partial charge in [0.2, 0.25) is 0 Å². The molecule has 1 aliphatic rings. The molecular formula is C25H18Cl3N3O3. The van der Waals surface area contributed by atoms with E-state index in [2.05, 4.69) is 10.6 Å². The third-order valence-electron chi connectivity index (χ3n) is 5.25. The molecule has 3 aromatic carbocycles. The van der Waals surface area contributed by atoms with Gasteiger partial charge in [-0.25, -0.2) is 4.90 Å². The highest BCUT2D eigenvalue weighted by molar-refractivity contribution is 6.53. The summed E-state index contributed by atoms with van der Waals surface area (Å²) in [4.78, 5) is 39.4. The van der Waals surface area contributed by atoms with Crippen molar-refractivity contribution in [2.24, 2.45) is 0 Å². The number of aryl methyl sites for hydroxylation is 1. The van der Waals surface area contributed by atoms with Crippen LogP contribution in [0.5, 0.6) is 0 Å². The molecule has 34 heavy (non-hydrogen) atoms. The Morgan fingerprint density at radius 2 is 1.68 bits per heavy atom. The van der Waals surface area contributed by atoms with Crippen molar-refractivity contribution in [1.82, 2.24) is 5.32 Å². The molecule has 1 heterocycles. The summed E-state index contributed by atoms with van der Waals surface area (Å²) in [5.41, 5.74) is 2.59. The number of halogens is 3. The van der Waals surface area contributed by atoms with Crippen molar-refractivity contribution in [3.63, 3.8) is 0 Å². The number of nitrogens with one attached hydrogen (secondary N) is 2. The average Bonchev–Trinajstić information content (AvgIpc) is 3.02. The molecule has 4 rings (SSSR count). The topological polar surface area (TPSA) is 78.5 Å². The van der Waals surface area contributed by atoms with Crippen molar-refractivity contribution in [1.29, 1.82) is 0 Å². The number of carbonyl (C=O) groups is 3. The third-order valence-corrected chi connectivity index (χ3v) is 6.20. The number of amides is 3. The average molecular weight is 515 g/mol. The van der Waals surface area contributed by atoms with Crippen LogP contribution >= 0.6 is 34.8 Å². The molecule has 0 unspecified atom stereocenters. The van der Waals surface area contributed by atoms with E-state index in [0.29, 0.717) is 27.0 Å². The molecule has 0 fully saturated rings. The number of hydrogen-bond donors (Lipinski definition) is 2. The van der Waals surface area contributed by atoms with Crippen molar-refractivity contribution >= 4 is 63.9 Å². The maximum absolute atomic E-state index is 13.0. The third kappa shape index (κ3) is 4.80. The van der Waals surface area contributed by atoms with E-state index >= 15 is 0 Å². The lowest BCUT2D eigenvalue weighted by Crippen LogP contribution is -2.32. The predicted octanol–water partition coefficient (Wildman–Crippen LogP) is 5.67. The second-order valence-electron chi connectivity index (χ2n) is 7.54. The van der Waals surface area contributed by atoms with Crippen LogP contribution in [0.25, 0.3) is 0 Å². The zero-order valence-corrected chi connectivity index (χ0v) is 20.1. The van der Waals surface area contributed by atoms with Crippen molar-refractivity contribution in [3.8, 4) is 0 Å². The van der Waals surface area contributed by atoms with Crippen molar-refractivity contribution in [2.75, 3.05) is 10.2 Å². The number of benzene rings is 3. The van der Waals surface area contributed by atoms with Gasteiger partial charge in [-0.15, -0.1) is 0 Å². The SMILES string of the molecule is Cc1ccc(C(=O)NCc2ccccc2Cl)cc1NC1=C(Cl)C(=O)N(c2cccc(Cl)c2)C1=O. The summed E-state index contributed by atoms with van der Waals surface area (Å²) < 4.78 is 0. The molecule has 0 aromatic heterocycles. The van der Waals surface area contributed by atoms with E-state index in [1.165, 1.54) is 6.07 Å². The normalized spacial score (nSPS) is 13.5. The van der Waals surface area contributed by atoms with Gasteiger partial charge in [0.15, 0.2) is 0 Å². The largest absolute Gasteiger partial charge is 0.349 e. The standard InChI is InChI=1S/C25H18Cl3N3O3/c1-14-9-10-15(23(32)29-13-16-5-2-3-8-19(16)27)11-20(14)30-22-21(28)24(33)31(25(22)34)18-7-4-6-17(26)12-18/h2-12,30H,13H2,1H3,(H,29,32). The quantitative estimate of drug-likeness (QED) is 0.416. The van der Waals surface area contributed by atoms with Gasteiger partial charge in [-0.2, -0.15) is 0 Å². The summed E-state index contributed by atoms with van der Waals surface area (Å²) in [7, 11) is 0. The second-order valence-corrected chi connectivity index (χ2v) is 8.76. The number of imide groups is 1. The van der Waals surface area contributed by atoms with E-state index in [9.17, 15) is 14.4 Å². The number of carbonyl (C=O) groups excluding carboxylic acids is 3.